The maximum Gasteiger partial charge on any atom is 0.225 e. The van der Waals surface area contributed by atoms with E-state index in [-0.39, 0.29) is 5.91 Å². The van der Waals surface area contributed by atoms with Gasteiger partial charge >= 0.3 is 0 Å². The Bertz CT molecular complexity index is 692. The van der Waals surface area contributed by atoms with Gasteiger partial charge in [0.2, 0.25) is 5.91 Å². The summed E-state index contributed by atoms with van der Waals surface area (Å²) in [5.41, 5.74) is 1.86. The summed E-state index contributed by atoms with van der Waals surface area (Å²) in [6.45, 7) is 1.25. The van der Waals surface area contributed by atoms with Crippen LogP contribution in [0.5, 0.6) is 11.5 Å². The van der Waals surface area contributed by atoms with E-state index < -0.39 is 0 Å². The van der Waals surface area contributed by atoms with Crippen LogP contribution in [0.4, 0.5) is 5.69 Å². The minimum atomic E-state index is -0.0205. The molecule has 2 aromatic rings. The van der Waals surface area contributed by atoms with E-state index in [0.717, 1.165) is 15.7 Å². The van der Waals surface area contributed by atoms with Crippen molar-refractivity contribution in [2.45, 2.75) is 13.0 Å². The van der Waals surface area contributed by atoms with Crippen LogP contribution in [-0.4, -0.2) is 26.7 Å². The van der Waals surface area contributed by atoms with Crippen LogP contribution in [0.3, 0.4) is 0 Å². The van der Waals surface area contributed by atoms with Crippen molar-refractivity contribution < 1.29 is 14.3 Å². The van der Waals surface area contributed by atoms with Crippen LogP contribution in [0.2, 0.25) is 0 Å². The first-order valence-corrected chi connectivity index (χ1v) is 8.38. The van der Waals surface area contributed by atoms with Gasteiger partial charge in [-0.25, -0.2) is 0 Å². The molecule has 0 atom stereocenters. The normalized spacial score (nSPS) is 10.3. The van der Waals surface area contributed by atoms with Crippen LogP contribution in [0, 0.1) is 0 Å². The molecule has 0 aliphatic carbocycles. The summed E-state index contributed by atoms with van der Waals surface area (Å²) < 4.78 is 11.4. The molecule has 24 heavy (non-hydrogen) atoms. The highest BCUT2D eigenvalue weighted by molar-refractivity contribution is 9.10. The lowest BCUT2D eigenvalue weighted by Gasteiger charge is -2.10. The van der Waals surface area contributed by atoms with E-state index in [1.54, 1.807) is 14.2 Å². The molecule has 0 aliphatic rings. The van der Waals surface area contributed by atoms with Crippen LogP contribution in [0.15, 0.2) is 46.9 Å². The Hall–Kier alpha value is -2.05. The van der Waals surface area contributed by atoms with E-state index in [9.17, 15) is 4.79 Å². The van der Waals surface area contributed by atoms with Gasteiger partial charge in [0.05, 0.1) is 14.2 Å². The van der Waals surface area contributed by atoms with Crippen molar-refractivity contribution in [3.8, 4) is 11.5 Å². The molecule has 5 nitrogen and oxygen atoms in total. The van der Waals surface area contributed by atoms with E-state index in [1.807, 2.05) is 42.5 Å². The first-order chi connectivity index (χ1) is 11.6. The second kappa shape index (κ2) is 9.30. The van der Waals surface area contributed by atoms with Gasteiger partial charge < -0.3 is 20.1 Å². The Balaban J connectivity index is 1.75. The number of benzene rings is 2. The topological polar surface area (TPSA) is 59.6 Å². The van der Waals surface area contributed by atoms with Crippen molar-refractivity contribution in [3.63, 3.8) is 0 Å². The van der Waals surface area contributed by atoms with Gasteiger partial charge in [0.25, 0.3) is 0 Å². The smallest absolute Gasteiger partial charge is 0.225 e. The quantitative estimate of drug-likeness (QED) is 0.673. The van der Waals surface area contributed by atoms with E-state index >= 15 is 0 Å². The van der Waals surface area contributed by atoms with Gasteiger partial charge in [0, 0.05) is 29.7 Å². The number of methoxy groups -OCH3 is 2. The molecule has 0 saturated heterocycles. The summed E-state index contributed by atoms with van der Waals surface area (Å²) in [7, 11) is 3.22. The highest BCUT2D eigenvalue weighted by Crippen LogP contribution is 2.27. The molecule has 2 aromatic carbocycles. The molecular formula is C18H21BrN2O3. The molecule has 0 radical (unpaired) electrons. The average Bonchev–Trinajstić information content (AvgIpc) is 2.58. The van der Waals surface area contributed by atoms with E-state index in [2.05, 4.69) is 26.6 Å². The van der Waals surface area contributed by atoms with Gasteiger partial charge in [-0.2, -0.15) is 0 Å². The molecule has 0 heterocycles. The number of halogens is 1. The summed E-state index contributed by atoms with van der Waals surface area (Å²) in [5, 5.41) is 6.12. The molecule has 0 saturated carbocycles. The number of ether oxygens (including phenoxy) is 2. The number of anilines is 1. The van der Waals surface area contributed by atoms with Crippen LogP contribution in [-0.2, 0) is 11.3 Å². The summed E-state index contributed by atoms with van der Waals surface area (Å²) in [5.74, 6) is 1.38. The monoisotopic (exact) mass is 392 g/mol. The summed E-state index contributed by atoms with van der Waals surface area (Å²) >= 11 is 3.38. The van der Waals surface area contributed by atoms with Crippen molar-refractivity contribution in [1.29, 1.82) is 0 Å². The summed E-state index contributed by atoms with van der Waals surface area (Å²) in [4.78, 5) is 11.9. The summed E-state index contributed by atoms with van der Waals surface area (Å²) in [6, 6.07) is 13.3. The maximum absolute atomic E-state index is 11.9. The number of hydrogen-bond donors (Lipinski definition) is 2. The highest BCUT2D eigenvalue weighted by atomic mass is 79.9. The molecule has 0 fully saturated rings. The average molecular weight is 393 g/mol. The number of carbonyl (C=O) groups excluding carboxylic acids is 1. The van der Waals surface area contributed by atoms with Crippen molar-refractivity contribution in [2.24, 2.45) is 0 Å². The second-order valence-electron chi connectivity index (χ2n) is 5.17. The molecule has 2 rings (SSSR count). The SMILES string of the molecule is COc1ccc(CNCCC(=O)Nc2cccc(Br)c2)cc1OC. The van der Waals surface area contributed by atoms with E-state index in [1.165, 1.54) is 0 Å². The zero-order chi connectivity index (χ0) is 17.4. The Morgan fingerprint density at radius 1 is 1.08 bits per heavy atom. The molecule has 0 bridgehead atoms. The molecule has 2 N–H and O–H groups in total. The molecule has 6 heteroatoms. The Labute approximate surface area is 150 Å². The van der Waals surface area contributed by atoms with Crippen LogP contribution in [0.1, 0.15) is 12.0 Å². The fourth-order valence-electron chi connectivity index (χ4n) is 2.21. The minimum absolute atomic E-state index is 0.0205. The Kier molecular flexibility index (Phi) is 7.08. The lowest BCUT2D eigenvalue weighted by molar-refractivity contribution is -0.116. The molecular weight excluding hydrogens is 372 g/mol. The van der Waals surface area contributed by atoms with Gasteiger partial charge in [-0.15, -0.1) is 0 Å². The van der Waals surface area contributed by atoms with Crippen molar-refractivity contribution in [2.75, 3.05) is 26.1 Å². The van der Waals surface area contributed by atoms with Crippen LogP contribution < -0.4 is 20.1 Å². The lowest BCUT2D eigenvalue weighted by Crippen LogP contribution is -2.21. The largest absolute Gasteiger partial charge is 0.493 e. The predicted octanol–water partition coefficient (Wildman–Crippen LogP) is 3.58. The Morgan fingerprint density at radius 3 is 2.58 bits per heavy atom. The fraction of sp³-hybridized carbons (Fsp3) is 0.278. The van der Waals surface area contributed by atoms with Crippen LogP contribution >= 0.6 is 15.9 Å². The van der Waals surface area contributed by atoms with Gasteiger partial charge in [0.1, 0.15) is 0 Å². The Morgan fingerprint density at radius 2 is 1.88 bits per heavy atom. The van der Waals surface area contributed by atoms with Crippen LogP contribution in [0.25, 0.3) is 0 Å². The number of carbonyl (C=O) groups is 1. The van der Waals surface area contributed by atoms with Crippen molar-refractivity contribution in [1.82, 2.24) is 5.32 Å². The zero-order valence-electron chi connectivity index (χ0n) is 13.8. The molecule has 0 spiro atoms. The highest BCUT2D eigenvalue weighted by Gasteiger charge is 2.05. The van der Waals surface area contributed by atoms with Crippen molar-refractivity contribution >= 4 is 27.5 Å². The number of amides is 1. The van der Waals surface area contributed by atoms with Gasteiger partial charge in [0.15, 0.2) is 11.5 Å². The van der Waals surface area contributed by atoms with E-state index in [4.69, 9.17) is 9.47 Å². The fourth-order valence-corrected chi connectivity index (χ4v) is 2.61. The first kappa shape index (κ1) is 18.3. The van der Waals surface area contributed by atoms with Gasteiger partial charge in [-0.05, 0) is 35.9 Å². The maximum atomic E-state index is 11.9. The van der Waals surface area contributed by atoms with E-state index in [0.29, 0.717) is 31.0 Å². The van der Waals surface area contributed by atoms with Gasteiger partial charge in [-0.1, -0.05) is 28.1 Å². The molecule has 0 unspecified atom stereocenters. The van der Waals surface area contributed by atoms with Crippen molar-refractivity contribution in [3.05, 3.63) is 52.5 Å². The first-order valence-electron chi connectivity index (χ1n) is 7.59. The summed E-state index contributed by atoms with van der Waals surface area (Å²) in [6.07, 6.45) is 0.403. The molecule has 0 aromatic heterocycles. The second-order valence-corrected chi connectivity index (χ2v) is 6.09. The minimum Gasteiger partial charge on any atom is -0.493 e. The molecule has 128 valence electrons. The molecule has 0 aliphatic heterocycles. The third-order valence-corrected chi connectivity index (χ3v) is 3.91. The zero-order valence-corrected chi connectivity index (χ0v) is 15.4. The third-order valence-electron chi connectivity index (χ3n) is 3.41. The third kappa shape index (κ3) is 5.54. The lowest BCUT2D eigenvalue weighted by atomic mass is 10.2. The number of rotatable bonds is 8. The standard InChI is InChI=1S/C18H21BrN2O3/c1-23-16-7-6-13(10-17(16)24-2)12-20-9-8-18(22)21-15-5-3-4-14(19)11-15/h3-7,10-11,20H,8-9,12H2,1-2H3,(H,21,22). The number of hydrogen-bond acceptors (Lipinski definition) is 4. The number of nitrogens with one attached hydrogen (secondary N) is 2. The predicted molar refractivity (Wildman–Crippen MR) is 98.6 cm³/mol. The van der Waals surface area contributed by atoms with Gasteiger partial charge in [-0.3, -0.25) is 4.79 Å². The molecule has 1 amide bonds.